The van der Waals surface area contributed by atoms with Gasteiger partial charge in [0.1, 0.15) is 6.07 Å². The number of rotatable bonds is 4. The van der Waals surface area contributed by atoms with E-state index in [1.54, 1.807) is 6.20 Å². The first kappa shape index (κ1) is 16.1. The SMILES string of the molecule is CC(C)(C(=O)NC1CCC1)c1ccc(-c2cncc(C#N)n2)cc1. The lowest BCUT2D eigenvalue weighted by Gasteiger charge is -2.32. The monoisotopic (exact) mass is 320 g/mol. The Bertz CT molecular complexity index is 786. The Balaban J connectivity index is 1.80. The van der Waals surface area contributed by atoms with Crippen molar-refractivity contribution in [1.82, 2.24) is 15.3 Å². The summed E-state index contributed by atoms with van der Waals surface area (Å²) in [4.78, 5) is 20.8. The topological polar surface area (TPSA) is 78.7 Å². The van der Waals surface area contributed by atoms with Crippen LogP contribution in [0.2, 0.25) is 0 Å². The van der Waals surface area contributed by atoms with Crippen molar-refractivity contribution in [3.8, 4) is 17.3 Å². The van der Waals surface area contributed by atoms with Crippen LogP contribution in [0.4, 0.5) is 0 Å². The molecular weight excluding hydrogens is 300 g/mol. The lowest BCUT2D eigenvalue weighted by atomic mass is 9.82. The number of amides is 1. The van der Waals surface area contributed by atoms with E-state index in [2.05, 4.69) is 15.3 Å². The van der Waals surface area contributed by atoms with Crippen LogP contribution in [-0.2, 0) is 10.2 Å². The molecule has 1 heterocycles. The lowest BCUT2D eigenvalue weighted by Crippen LogP contribution is -2.47. The van der Waals surface area contributed by atoms with Crippen molar-refractivity contribution in [3.05, 3.63) is 47.9 Å². The average Bonchev–Trinajstić information content (AvgIpc) is 2.58. The van der Waals surface area contributed by atoms with Crippen molar-refractivity contribution < 1.29 is 4.79 Å². The number of aromatic nitrogens is 2. The first-order valence-corrected chi connectivity index (χ1v) is 8.15. The Morgan fingerprint density at radius 2 is 1.96 bits per heavy atom. The zero-order chi connectivity index (χ0) is 17.2. The highest BCUT2D eigenvalue weighted by Crippen LogP contribution is 2.28. The van der Waals surface area contributed by atoms with Crippen LogP contribution in [0.15, 0.2) is 36.7 Å². The number of nitriles is 1. The van der Waals surface area contributed by atoms with E-state index >= 15 is 0 Å². The fraction of sp³-hybridized carbons (Fsp3) is 0.368. The van der Waals surface area contributed by atoms with Crippen LogP contribution in [0.25, 0.3) is 11.3 Å². The van der Waals surface area contributed by atoms with Gasteiger partial charge >= 0.3 is 0 Å². The van der Waals surface area contributed by atoms with Crippen LogP contribution in [0.1, 0.15) is 44.4 Å². The summed E-state index contributed by atoms with van der Waals surface area (Å²) in [6, 6.07) is 10.0. The molecule has 24 heavy (non-hydrogen) atoms. The molecule has 0 spiro atoms. The predicted molar refractivity (Wildman–Crippen MR) is 91.0 cm³/mol. The van der Waals surface area contributed by atoms with E-state index in [4.69, 9.17) is 5.26 Å². The Hall–Kier alpha value is -2.74. The van der Waals surface area contributed by atoms with Crippen molar-refractivity contribution in [2.24, 2.45) is 0 Å². The van der Waals surface area contributed by atoms with Gasteiger partial charge in [0.15, 0.2) is 5.69 Å². The van der Waals surface area contributed by atoms with Crippen LogP contribution >= 0.6 is 0 Å². The molecule has 2 aromatic rings. The normalized spacial score (nSPS) is 14.5. The summed E-state index contributed by atoms with van der Waals surface area (Å²) in [7, 11) is 0. The molecule has 122 valence electrons. The fourth-order valence-corrected chi connectivity index (χ4v) is 2.67. The van der Waals surface area contributed by atoms with E-state index in [0.717, 1.165) is 24.0 Å². The molecule has 1 amide bonds. The van der Waals surface area contributed by atoms with Gasteiger partial charge < -0.3 is 5.32 Å². The van der Waals surface area contributed by atoms with E-state index in [0.29, 0.717) is 11.7 Å². The largest absolute Gasteiger partial charge is 0.353 e. The molecule has 5 heteroatoms. The molecule has 1 saturated carbocycles. The average molecular weight is 320 g/mol. The molecule has 0 saturated heterocycles. The van der Waals surface area contributed by atoms with Crippen molar-refractivity contribution in [1.29, 1.82) is 5.26 Å². The highest BCUT2D eigenvalue weighted by molar-refractivity contribution is 5.87. The smallest absolute Gasteiger partial charge is 0.230 e. The van der Waals surface area contributed by atoms with Crippen molar-refractivity contribution in [2.45, 2.75) is 44.6 Å². The number of nitrogens with zero attached hydrogens (tertiary/aromatic N) is 3. The summed E-state index contributed by atoms with van der Waals surface area (Å²) in [6.07, 6.45) is 6.42. The van der Waals surface area contributed by atoms with Gasteiger partial charge in [-0.15, -0.1) is 0 Å². The van der Waals surface area contributed by atoms with Gasteiger partial charge in [-0.2, -0.15) is 5.26 Å². The number of carbonyl (C=O) groups is 1. The zero-order valence-corrected chi connectivity index (χ0v) is 13.9. The summed E-state index contributed by atoms with van der Waals surface area (Å²) in [5.74, 6) is 0.0613. The maximum atomic E-state index is 12.5. The van der Waals surface area contributed by atoms with Gasteiger partial charge in [0.05, 0.1) is 23.5 Å². The minimum atomic E-state index is -0.589. The molecule has 1 aromatic heterocycles. The van der Waals surface area contributed by atoms with Gasteiger partial charge in [0, 0.05) is 11.6 Å². The zero-order valence-electron chi connectivity index (χ0n) is 13.9. The summed E-state index contributed by atoms with van der Waals surface area (Å²) < 4.78 is 0. The van der Waals surface area contributed by atoms with Gasteiger partial charge in [-0.05, 0) is 38.7 Å². The number of hydrogen-bond donors (Lipinski definition) is 1. The van der Waals surface area contributed by atoms with E-state index in [1.165, 1.54) is 12.6 Å². The molecule has 1 aliphatic carbocycles. The third-order valence-electron chi connectivity index (χ3n) is 4.66. The van der Waals surface area contributed by atoms with Crippen molar-refractivity contribution in [2.75, 3.05) is 0 Å². The number of benzene rings is 1. The summed E-state index contributed by atoms with van der Waals surface area (Å²) >= 11 is 0. The lowest BCUT2D eigenvalue weighted by molar-refractivity contribution is -0.126. The van der Waals surface area contributed by atoms with Gasteiger partial charge in [-0.3, -0.25) is 9.78 Å². The third-order valence-corrected chi connectivity index (χ3v) is 4.66. The van der Waals surface area contributed by atoms with Crippen LogP contribution < -0.4 is 5.32 Å². The van der Waals surface area contributed by atoms with Gasteiger partial charge in [-0.25, -0.2) is 4.98 Å². The molecule has 0 aliphatic heterocycles. The molecule has 0 unspecified atom stereocenters. The van der Waals surface area contributed by atoms with Crippen LogP contribution in [0.5, 0.6) is 0 Å². The maximum absolute atomic E-state index is 12.5. The molecule has 1 aromatic carbocycles. The van der Waals surface area contributed by atoms with Crippen LogP contribution in [0.3, 0.4) is 0 Å². The van der Waals surface area contributed by atoms with Crippen LogP contribution in [0, 0.1) is 11.3 Å². The van der Waals surface area contributed by atoms with E-state index < -0.39 is 5.41 Å². The number of carbonyl (C=O) groups excluding carboxylic acids is 1. The number of hydrogen-bond acceptors (Lipinski definition) is 4. The minimum Gasteiger partial charge on any atom is -0.353 e. The summed E-state index contributed by atoms with van der Waals surface area (Å²) in [5.41, 5.74) is 2.18. The second-order valence-corrected chi connectivity index (χ2v) is 6.70. The number of nitrogens with one attached hydrogen (secondary N) is 1. The predicted octanol–water partition coefficient (Wildman–Crippen LogP) is 2.96. The van der Waals surface area contributed by atoms with Gasteiger partial charge in [0.25, 0.3) is 0 Å². The highest BCUT2D eigenvalue weighted by Gasteiger charge is 2.32. The summed E-state index contributed by atoms with van der Waals surface area (Å²) in [6.45, 7) is 3.87. The second kappa shape index (κ2) is 6.40. The van der Waals surface area contributed by atoms with Crippen molar-refractivity contribution >= 4 is 5.91 Å². The molecule has 0 radical (unpaired) electrons. The Labute approximate surface area is 141 Å². The third kappa shape index (κ3) is 3.13. The Morgan fingerprint density at radius 3 is 2.54 bits per heavy atom. The quantitative estimate of drug-likeness (QED) is 0.939. The molecule has 1 fully saturated rings. The molecule has 1 N–H and O–H groups in total. The molecule has 1 aliphatic rings. The standard InChI is InChI=1S/C19H20N4O/c1-19(2,18(24)23-15-4-3-5-15)14-8-6-13(7-9-14)17-12-21-11-16(10-20)22-17/h6-9,11-12,15H,3-5H2,1-2H3,(H,23,24). The van der Waals surface area contributed by atoms with Gasteiger partial charge in [0.2, 0.25) is 5.91 Å². The highest BCUT2D eigenvalue weighted by atomic mass is 16.2. The Kier molecular flexibility index (Phi) is 4.30. The maximum Gasteiger partial charge on any atom is 0.230 e. The minimum absolute atomic E-state index is 0.0613. The van der Waals surface area contributed by atoms with E-state index in [-0.39, 0.29) is 11.6 Å². The first-order chi connectivity index (χ1) is 11.5. The fourth-order valence-electron chi connectivity index (χ4n) is 2.67. The van der Waals surface area contributed by atoms with E-state index in [9.17, 15) is 4.79 Å². The van der Waals surface area contributed by atoms with Crippen LogP contribution in [-0.4, -0.2) is 21.9 Å². The van der Waals surface area contributed by atoms with Gasteiger partial charge in [-0.1, -0.05) is 24.3 Å². The Morgan fingerprint density at radius 1 is 1.25 bits per heavy atom. The molecule has 0 bridgehead atoms. The molecular formula is C19H20N4O. The molecule has 5 nitrogen and oxygen atoms in total. The van der Waals surface area contributed by atoms with E-state index in [1.807, 2.05) is 44.2 Å². The summed E-state index contributed by atoms with van der Waals surface area (Å²) in [5, 5.41) is 12.0. The first-order valence-electron chi connectivity index (χ1n) is 8.15. The molecule has 3 rings (SSSR count). The second-order valence-electron chi connectivity index (χ2n) is 6.70. The van der Waals surface area contributed by atoms with Crippen molar-refractivity contribution in [3.63, 3.8) is 0 Å². The molecule has 0 atom stereocenters.